The van der Waals surface area contributed by atoms with E-state index in [2.05, 4.69) is 37.9 Å². The third-order valence-corrected chi connectivity index (χ3v) is 8.23. The minimum absolute atomic E-state index is 0.0137. The van der Waals surface area contributed by atoms with E-state index >= 15 is 0 Å². The van der Waals surface area contributed by atoms with Gasteiger partial charge in [0.2, 0.25) is 0 Å². The normalized spacial score (nSPS) is 40.6. The van der Waals surface area contributed by atoms with Crippen molar-refractivity contribution in [3.63, 3.8) is 0 Å². The standard InChI is InChI=1S/C16H26N2O15P2S/c1-6-17-9(19)2-3-18(6)15-13(23)10(20)7(30-15)4-29-34(25,26)33-35(27,28)32-16-14(24)12(22)11(21)8(5-36)31-16/h2-3,7-8,10-16,20-24,36H,1,4-5H2,(H,17,19)(H,25,26)(H,27,28)/t7-,8?,10?,11-,12+,13+,14?,15-,16-/m1/s1. The Kier molecular flexibility index (Phi) is 9.42. The van der Waals surface area contributed by atoms with E-state index in [0.717, 1.165) is 6.08 Å². The first-order valence-corrected chi connectivity index (χ1v) is 13.8. The van der Waals surface area contributed by atoms with Crippen LogP contribution in [-0.4, -0.2) is 114 Å². The van der Waals surface area contributed by atoms with Crippen LogP contribution in [0.5, 0.6) is 0 Å². The van der Waals surface area contributed by atoms with Crippen molar-refractivity contribution in [1.29, 1.82) is 0 Å². The maximum absolute atomic E-state index is 12.2. The minimum Gasteiger partial charge on any atom is -0.388 e. The van der Waals surface area contributed by atoms with Crippen LogP contribution in [0.25, 0.3) is 0 Å². The Morgan fingerprint density at radius 1 is 1.00 bits per heavy atom. The third kappa shape index (κ3) is 6.74. The van der Waals surface area contributed by atoms with Crippen molar-refractivity contribution < 1.29 is 72.1 Å². The number of aliphatic hydroxyl groups excluding tert-OH is 5. The molecule has 17 nitrogen and oxygen atoms in total. The SMILES string of the molecule is C=C1NC(=O)C=CN1[C@@H]1O[C@H](COP(=O)(O)OP(=O)(O)O[C@H]2OC(CS)[C@@H](O)[C@H](O)C2O)C(O)[C@@H]1O. The third-order valence-electron chi connectivity index (χ3n) is 5.27. The van der Waals surface area contributed by atoms with E-state index in [1.165, 1.54) is 11.1 Å². The molecule has 3 aliphatic rings. The number of phosphoric ester groups is 2. The van der Waals surface area contributed by atoms with E-state index in [-0.39, 0.29) is 11.6 Å². The Morgan fingerprint density at radius 3 is 2.25 bits per heavy atom. The maximum atomic E-state index is 12.2. The first-order valence-electron chi connectivity index (χ1n) is 10.1. The number of carbonyl (C=O) groups excluding carboxylic acids is 1. The number of nitrogens with one attached hydrogen (secondary N) is 1. The monoisotopic (exact) mass is 580 g/mol. The van der Waals surface area contributed by atoms with E-state index in [9.17, 15) is 49.2 Å². The fraction of sp³-hybridized carbons (Fsp3) is 0.688. The van der Waals surface area contributed by atoms with E-state index in [1.807, 2.05) is 0 Å². The van der Waals surface area contributed by atoms with Gasteiger partial charge in [-0.05, 0) is 0 Å². The molecule has 1 amide bonds. The summed E-state index contributed by atoms with van der Waals surface area (Å²) in [5.41, 5.74) is 0. The number of amides is 1. The molecule has 2 fully saturated rings. The number of carbonyl (C=O) groups is 1. The van der Waals surface area contributed by atoms with Crippen molar-refractivity contribution in [2.45, 2.75) is 55.2 Å². The number of hydrogen-bond donors (Lipinski definition) is 9. The van der Waals surface area contributed by atoms with Crippen molar-refractivity contribution in [3.8, 4) is 0 Å². The second kappa shape index (κ2) is 11.4. The summed E-state index contributed by atoms with van der Waals surface area (Å²) < 4.78 is 48.1. The van der Waals surface area contributed by atoms with Gasteiger partial charge < -0.3 is 55.0 Å². The molecule has 3 rings (SSSR count). The van der Waals surface area contributed by atoms with Gasteiger partial charge in [-0.25, -0.2) is 9.13 Å². The molecule has 11 atom stereocenters. The number of phosphoric acid groups is 2. The lowest BCUT2D eigenvalue weighted by Gasteiger charge is -2.39. The summed E-state index contributed by atoms with van der Waals surface area (Å²) >= 11 is 3.87. The summed E-state index contributed by atoms with van der Waals surface area (Å²) in [4.78, 5) is 32.2. The highest BCUT2D eigenvalue weighted by Gasteiger charge is 2.50. The fourth-order valence-electron chi connectivity index (χ4n) is 3.45. The van der Waals surface area contributed by atoms with Gasteiger partial charge in [0, 0.05) is 18.0 Å². The number of thiol groups is 1. The lowest BCUT2D eigenvalue weighted by molar-refractivity contribution is -0.270. The van der Waals surface area contributed by atoms with Gasteiger partial charge in [0.15, 0.2) is 12.5 Å². The Bertz CT molecular complexity index is 968. The van der Waals surface area contributed by atoms with E-state index < -0.39 is 83.4 Å². The molecule has 0 saturated carbocycles. The molecule has 8 N–H and O–H groups in total. The lowest BCUT2D eigenvalue weighted by atomic mass is 10.0. The molecule has 20 heteroatoms. The van der Waals surface area contributed by atoms with Gasteiger partial charge in [0.05, 0.1) is 12.7 Å². The number of hydrogen-bond acceptors (Lipinski definition) is 15. The Labute approximate surface area is 209 Å². The van der Waals surface area contributed by atoms with Gasteiger partial charge in [-0.2, -0.15) is 16.9 Å². The summed E-state index contributed by atoms with van der Waals surface area (Å²) in [6.45, 7) is 2.65. The van der Waals surface area contributed by atoms with Gasteiger partial charge in [0.25, 0.3) is 5.91 Å². The highest BCUT2D eigenvalue weighted by atomic mass is 32.1. The molecule has 0 radical (unpaired) electrons. The fourth-order valence-corrected chi connectivity index (χ4v) is 5.91. The van der Waals surface area contributed by atoms with Crippen molar-refractivity contribution in [3.05, 3.63) is 24.7 Å². The maximum Gasteiger partial charge on any atom is 0.483 e. The number of rotatable bonds is 9. The van der Waals surface area contributed by atoms with Crippen LogP contribution >= 0.6 is 28.3 Å². The molecule has 36 heavy (non-hydrogen) atoms. The Hall–Kier alpha value is -0.920. The number of aliphatic hydroxyl groups is 5. The van der Waals surface area contributed by atoms with Crippen molar-refractivity contribution in [2.75, 3.05) is 12.4 Å². The molecule has 0 aromatic heterocycles. The average Bonchev–Trinajstić information content (AvgIpc) is 3.06. The van der Waals surface area contributed by atoms with E-state index in [0.29, 0.717) is 0 Å². The van der Waals surface area contributed by atoms with Crippen LogP contribution in [0.3, 0.4) is 0 Å². The molecule has 206 valence electrons. The number of ether oxygens (including phenoxy) is 2. The molecule has 5 unspecified atom stereocenters. The van der Waals surface area contributed by atoms with Crippen molar-refractivity contribution in [1.82, 2.24) is 10.2 Å². The summed E-state index contributed by atoms with van der Waals surface area (Å²) in [5, 5.41) is 52.3. The van der Waals surface area contributed by atoms with Crippen molar-refractivity contribution >= 4 is 34.2 Å². The van der Waals surface area contributed by atoms with Crippen molar-refractivity contribution in [2.24, 2.45) is 0 Å². The molecule has 0 aromatic carbocycles. The van der Waals surface area contributed by atoms with Crippen LogP contribution in [-0.2, 0) is 36.8 Å². The molecule has 3 aliphatic heterocycles. The molecular weight excluding hydrogens is 554 g/mol. The summed E-state index contributed by atoms with van der Waals surface area (Å²) in [6, 6.07) is 0. The smallest absolute Gasteiger partial charge is 0.388 e. The Morgan fingerprint density at radius 2 is 1.64 bits per heavy atom. The largest absolute Gasteiger partial charge is 0.483 e. The van der Waals surface area contributed by atoms with Gasteiger partial charge >= 0.3 is 15.6 Å². The molecule has 0 aliphatic carbocycles. The van der Waals surface area contributed by atoms with Gasteiger partial charge in [0.1, 0.15) is 42.4 Å². The van der Waals surface area contributed by atoms with Crippen LogP contribution < -0.4 is 5.32 Å². The van der Waals surface area contributed by atoms with E-state index in [1.54, 1.807) is 0 Å². The van der Waals surface area contributed by atoms with Crippen LogP contribution in [0, 0.1) is 0 Å². The predicted octanol–water partition coefficient (Wildman–Crippen LogP) is -3.16. The molecule has 0 bridgehead atoms. The molecule has 0 spiro atoms. The lowest BCUT2D eigenvalue weighted by Crippen LogP contribution is -2.58. The van der Waals surface area contributed by atoms with E-state index in [4.69, 9.17) is 9.47 Å². The quantitative estimate of drug-likeness (QED) is 0.0963. The van der Waals surface area contributed by atoms with Gasteiger partial charge in [-0.15, -0.1) is 0 Å². The zero-order chi connectivity index (χ0) is 27.0. The summed E-state index contributed by atoms with van der Waals surface area (Å²) in [7, 11) is -10.9. The second-order valence-electron chi connectivity index (χ2n) is 7.82. The zero-order valence-electron chi connectivity index (χ0n) is 18.2. The highest BCUT2D eigenvalue weighted by Crippen LogP contribution is 2.61. The molecular formula is C16H26N2O15P2S. The average molecular weight is 580 g/mol. The predicted molar refractivity (Wildman–Crippen MR) is 117 cm³/mol. The first-order chi connectivity index (χ1) is 16.7. The summed E-state index contributed by atoms with van der Waals surface area (Å²) in [6.07, 6.45) is -12.4. The number of nitrogens with zero attached hydrogens (tertiary/aromatic N) is 1. The Balaban J connectivity index is 1.58. The zero-order valence-corrected chi connectivity index (χ0v) is 20.8. The molecule has 3 heterocycles. The minimum atomic E-state index is -5.50. The van der Waals surface area contributed by atoms with Crippen LogP contribution in [0.4, 0.5) is 0 Å². The van der Waals surface area contributed by atoms with Crippen LogP contribution in [0.15, 0.2) is 24.7 Å². The molecule has 0 aromatic rings. The topological polar surface area (TPSA) is 254 Å². The van der Waals surface area contributed by atoms with Gasteiger partial charge in [-0.3, -0.25) is 13.8 Å². The van der Waals surface area contributed by atoms with Crippen LogP contribution in [0.1, 0.15) is 0 Å². The molecule has 2 saturated heterocycles. The highest BCUT2D eigenvalue weighted by molar-refractivity contribution is 7.80. The van der Waals surface area contributed by atoms with Gasteiger partial charge in [-0.1, -0.05) is 6.58 Å². The summed E-state index contributed by atoms with van der Waals surface area (Å²) in [5.74, 6) is -0.664. The van der Waals surface area contributed by atoms with Crippen LogP contribution in [0.2, 0.25) is 0 Å². The second-order valence-corrected chi connectivity index (χ2v) is 11.2. The first kappa shape index (κ1) is 29.6.